The van der Waals surface area contributed by atoms with Crippen LogP contribution in [0.2, 0.25) is 0 Å². The normalized spacial score (nSPS) is 15.0. The van der Waals surface area contributed by atoms with Crippen LogP contribution in [0.15, 0.2) is 69.1 Å². The topological polar surface area (TPSA) is 114 Å². The highest BCUT2D eigenvalue weighted by atomic mass is 32.1. The molecule has 3 heterocycles. The van der Waals surface area contributed by atoms with Crippen molar-refractivity contribution in [1.82, 2.24) is 4.98 Å². The number of hydrogen-bond acceptors (Lipinski definition) is 9. The number of thiophene rings is 1. The predicted molar refractivity (Wildman–Crippen MR) is 165 cm³/mol. The van der Waals surface area contributed by atoms with Gasteiger partial charge in [-0.3, -0.25) is 14.5 Å². The van der Waals surface area contributed by atoms with Gasteiger partial charge in [-0.05, 0) is 65.4 Å². The van der Waals surface area contributed by atoms with Gasteiger partial charge in [0.15, 0.2) is 17.3 Å². The van der Waals surface area contributed by atoms with Gasteiger partial charge < -0.3 is 24.3 Å². The molecule has 44 heavy (non-hydrogen) atoms. The summed E-state index contributed by atoms with van der Waals surface area (Å²) in [6.07, 6.45) is 1.11. The van der Waals surface area contributed by atoms with E-state index in [0.717, 1.165) is 12.0 Å². The van der Waals surface area contributed by atoms with Gasteiger partial charge in [0.1, 0.15) is 41.4 Å². The molecule has 0 saturated carbocycles. The van der Waals surface area contributed by atoms with Crippen LogP contribution in [0.5, 0.6) is 11.5 Å². The lowest BCUT2D eigenvalue weighted by Gasteiger charge is -2.32. The molecule has 5 rings (SSSR count). The molecular weight excluding hydrogens is 585 g/mol. The van der Waals surface area contributed by atoms with Gasteiger partial charge in [-0.1, -0.05) is 33.3 Å². The van der Waals surface area contributed by atoms with Crippen LogP contribution in [0.3, 0.4) is 0 Å². The summed E-state index contributed by atoms with van der Waals surface area (Å²) in [6.45, 7) is 9.84. The minimum atomic E-state index is -1.28. The van der Waals surface area contributed by atoms with Crippen LogP contribution >= 0.6 is 11.3 Å². The SMILES string of the molecule is CCC(C)(C)CC1=C(OC=O)C(c2ccc(OCc3ccsc3)cc2F)N(C(=O)c2nc(C)oc2C)c2cccc(O)c2N1. The Morgan fingerprint density at radius 3 is 2.68 bits per heavy atom. The molecule has 11 heteroatoms. The molecule has 2 aromatic heterocycles. The van der Waals surface area contributed by atoms with Crippen LogP contribution in [0.25, 0.3) is 0 Å². The molecule has 4 aromatic rings. The third-order valence-corrected chi connectivity index (χ3v) is 8.46. The number of phenols is 1. The Morgan fingerprint density at radius 2 is 2.05 bits per heavy atom. The Kier molecular flexibility index (Phi) is 8.78. The summed E-state index contributed by atoms with van der Waals surface area (Å²) in [6, 6.07) is 9.67. The van der Waals surface area contributed by atoms with Gasteiger partial charge >= 0.3 is 0 Å². The number of hydrogen-bond donors (Lipinski definition) is 2. The summed E-state index contributed by atoms with van der Waals surface area (Å²) in [4.78, 5) is 32.1. The van der Waals surface area contributed by atoms with E-state index in [9.17, 15) is 14.7 Å². The number of allylic oxidation sites excluding steroid dienone is 1. The molecule has 1 aliphatic heterocycles. The first-order valence-corrected chi connectivity index (χ1v) is 15.1. The standard InChI is InChI=1S/C33H34FN3O6S/c1-6-33(4,5)15-25-31(42-18-38)30(23-11-10-22(14-24(23)34)41-16-21-12-13-44-17-21)37(26-8-7-9-27(39)29(26)36-25)32(40)28-19(2)43-20(3)35-28/h7-14,17-18,30,36,39H,6,15-16H2,1-5H3. The van der Waals surface area contributed by atoms with Crippen LogP contribution in [0.1, 0.15) is 72.9 Å². The van der Waals surface area contributed by atoms with Crippen molar-refractivity contribution in [2.45, 2.75) is 60.1 Å². The van der Waals surface area contributed by atoms with E-state index in [1.807, 2.05) is 37.6 Å². The fraction of sp³-hybridized carbons (Fsp3) is 0.303. The van der Waals surface area contributed by atoms with E-state index in [-0.39, 0.29) is 70.0 Å². The van der Waals surface area contributed by atoms with Crippen LogP contribution in [0.4, 0.5) is 15.8 Å². The molecule has 1 amide bonds. The number of aryl methyl sites for hydroxylation is 2. The van der Waals surface area contributed by atoms with E-state index in [0.29, 0.717) is 12.1 Å². The lowest BCUT2D eigenvalue weighted by molar-refractivity contribution is -0.125. The number of carbonyl (C=O) groups excluding carboxylic acids is 2. The summed E-state index contributed by atoms with van der Waals surface area (Å²) >= 11 is 1.54. The lowest BCUT2D eigenvalue weighted by atomic mass is 9.84. The molecule has 1 atom stereocenters. The molecule has 0 spiro atoms. The van der Waals surface area contributed by atoms with Crippen LogP contribution in [-0.4, -0.2) is 22.5 Å². The maximum atomic E-state index is 16.3. The van der Waals surface area contributed by atoms with Crippen molar-refractivity contribution in [3.63, 3.8) is 0 Å². The molecule has 0 aliphatic carbocycles. The summed E-state index contributed by atoms with van der Waals surface area (Å²) in [5, 5.41) is 18.1. The van der Waals surface area contributed by atoms with Gasteiger partial charge in [-0.25, -0.2) is 9.37 Å². The van der Waals surface area contributed by atoms with Gasteiger partial charge in [0.05, 0.1) is 11.4 Å². The average Bonchev–Trinajstić information content (AvgIpc) is 3.60. The Labute approximate surface area is 258 Å². The molecule has 230 valence electrons. The van der Waals surface area contributed by atoms with Crippen LogP contribution in [-0.2, 0) is 16.1 Å². The van der Waals surface area contributed by atoms with Gasteiger partial charge in [-0.2, -0.15) is 11.3 Å². The Bertz CT molecular complexity index is 1710. The molecule has 1 aliphatic rings. The number of amides is 1. The summed E-state index contributed by atoms with van der Waals surface area (Å²) in [5.74, 6) is -0.644. The quantitative estimate of drug-likeness (QED) is 0.137. The van der Waals surface area contributed by atoms with E-state index in [2.05, 4.69) is 10.3 Å². The highest BCUT2D eigenvalue weighted by Crippen LogP contribution is 2.48. The zero-order chi connectivity index (χ0) is 31.6. The molecule has 0 bridgehead atoms. The number of anilines is 2. The van der Waals surface area contributed by atoms with Gasteiger partial charge in [-0.15, -0.1) is 0 Å². The zero-order valence-electron chi connectivity index (χ0n) is 25.1. The molecule has 9 nitrogen and oxygen atoms in total. The van der Waals surface area contributed by atoms with Crippen LogP contribution < -0.4 is 15.0 Å². The van der Waals surface area contributed by atoms with Crippen molar-refractivity contribution in [3.05, 3.63) is 99.0 Å². The Morgan fingerprint density at radius 1 is 1.25 bits per heavy atom. The minimum Gasteiger partial charge on any atom is -0.506 e. The van der Waals surface area contributed by atoms with Crippen molar-refractivity contribution < 1.29 is 33.0 Å². The smallest absolute Gasteiger partial charge is 0.298 e. The first kappa shape index (κ1) is 30.8. The fourth-order valence-electron chi connectivity index (χ4n) is 5.12. The monoisotopic (exact) mass is 619 g/mol. The van der Waals surface area contributed by atoms with E-state index in [1.165, 1.54) is 34.4 Å². The van der Waals surface area contributed by atoms with Crippen LogP contribution in [0, 0.1) is 25.1 Å². The Hall–Kier alpha value is -4.64. The first-order valence-electron chi connectivity index (χ1n) is 14.2. The molecule has 0 radical (unpaired) electrons. The maximum Gasteiger partial charge on any atom is 0.298 e. The minimum absolute atomic E-state index is 0.000656. The molecule has 1 unspecified atom stereocenters. The number of aromatic hydroxyl groups is 1. The van der Waals surface area contributed by atoms with E-state index < -0.39 is 17.8 Å². The molecular formula is C33H34FN3O6S. The third-order valence-electron chi connectivity index (χ3n) is 7.72. The lowest BCUT2D eigenvalue weighted by Crippen LogP contribution is -2.37. The summed E-state index contributed by atoms with van der Waals surface area (Å²) < 4.78 is 33.3. The number of carbonyl (C=O) groups is 2. The maximum absolute atomic E-state index is 16.3. The van der Waals surface area contributed by atoms with Crippen molar-refractivity contribution >= 4 is 35.1 Å². The first-order chi connectivity index (χ1) is 21.0. The number of phenolic OH excluding ortho intramolecular Hbond substituents is 1. The van der Waals surface area contributed by atoms with E-state index in [1.54, 1.807) is 32.0 Å². The number of para-hydroxylation sites is 1. The number of oxazole rings is 1. The van der Waals surface area contributed by atoms with Crippen molar-refractivity contribution in [2.24, 2.45) is 5.41 Å². The second-order valence-corrected chi connectivity index (χ2v) is 12.1. The highest BCUT2D eigenvalue weighted by molar-refractivity contribution is 7.07. The number of fused-ring (bicyclic) bond motifs is 1. The third kappa shape index (κ3) is 6.19. The van der Waals surface area contributed by atoms with Crippen molar-refractivity contribution in [3.8, 4) is 11.5 Å². The number of benzene rings is 2. The van der Waals surface area contributed by atoms with Gasteiger partial charge in [0.2, 0.25) is 0 Å². The number of nitrogens with one attached hydrogen (secondary N) is 1. The number of aromatic nitrogens is 1. The fourth-order valence-corrected chi connectivity index (χ4v) is 5.78. The molecule has 0 saturated heterocycles. The zero-order valence-corrected chi connectivity index (χ0v) is 26.0. The van der Waals surface area contributed by atoms with Gasteiger partial charge in [0.25, 0.3) is 12.4 Å². The second-order valence-electron chi connectivity index (χ2n) is 11.4. The number of nitrogens with zero attached hydrogens (tertiary/aromatic N) is 2. The number of halogens is 1. The predicted octanol–water partition coefficient (Wildman–Crippen LogP) is 7.80. The largest absolute Gasteiger partial charge is 0.506 e. The number of rotatable bonds is 10. The Balaban J connectivity index is 1.74. The van der Waals surface area contributed by atoms with Crippen molar-refractivity contribution in [2.75, 3.05) is 10.2 Å². The number of ether oxygens (including phenoxy) is 2. The molecule has 2 aromatic carbocycles. The van der Waals surface area contributed by atoms with E-state index in [4.69, 9.17) is 13.9 Å². The molecule has 2 N–H and O–H groups in total. The van der Waals surface area contributed by atoms with Crippen molar-refractivity contribution in [1.29, 1.82) is 0 Å². The van der Waals surface area contributed by atoms with E-state index >= 15 is 4.39 Å². The summed E-state index contributed by atoms with van der Waals surface area (Å²) in [7, 11) is 0. The average molecular weight is 620 g/mol. The van der Waals surface area contributed by atoms with Gasteiger partial charge in [0, 0.05) is 18.6 Å². The summed E-state index contributed by atoms with van der Waals surface area (Å²) in [5.41, 5.74) is 1.54. The highest BCUT2D eigenvalue weighted by Gasteiger charge is 2.42. The molecule has 0 fully saturated rings. The second kappa shape index (κ2) is 12.5.